The summed E-state index contributed by atoms with van der Waals surface area (Å²) in [5, 5.41) is 0.839. The molecule has 1 fully saturated rings. The molecular formula is C7H15NS. The molecule has 54 valence electrons. The molecule has 1 saturated heterocycles. The van der Waals surface area contributed by atoms with E-state index in [4.69, 9.17) is 0 Å². The van der Waals surface area contributed by atoms with E-state index in [-0.39, 0.29) is 0 Å². The van der Waals surface area contributed by atoms with Crippen molar-refractivity contribution in [3.8, 4) is 0 Å². The van der Waals surface area contributed by atoms with Gasteiger partial charge in [0.2, 0.25) is 0 Å². The lowest BCUT2D eigenvalue weighted by atomic mass is 10.3. The third-order valence-electron chi connectivity index (χ3n) is 1.92. The smallest absolute Gasteiger partial charge is 0.0155 e. The molecule has 0 spiro atoms. The second-order valence-corrected chi connectivity index (χ2v) is 4.40. The predicted octanol–water partition coefficient (Wildman–Crippen LogP) is 1.44. The average Bonchev–Trinajstić information content (AvgIpc) is 1.80. The summed E-state index contributed by atoms with van der Waals surface area (Å²) in [6, 6.07) is 0.784. The highest BCUT2D eigenvalue weighted by Gasteiger charge is 2.18. The van der Waals surface area contributed by atoms with E-state index < -0.39 is 0 Å². The van der Waals surface area contributed by atoms with Crippen LogP contribution in [0, 0.1) is 0 Å². The van der Waals surface area contributed by atoms with Crippen LogP contribution in [0.15, 0.2) is 0 Å². The van der Waals surface area contributed by atoms with Crippen LogP contribution in [0.4, 0.5) is 0 Å². The van der Waals surface area contributed by atoms with Gasteiger partial charge in [0.25, 0.3) is 0 Å². The van der Waals surface area contributed by atoms with Crippen molar-refractivity contribution < 1.29 is 0 Å². The van der Waals surface area contributed by atoms with Gasteiger partial charge in [0, 0.05) is 23.6 Å². The fourth-order valence-electron chi connectivity index (χ4n) is 1.07. The van der Waals surface area contributed by atoms with E-state index in [2.05, 4.69) is 37.6 Å². The Labute approximate surface area is 61.8 Å². The van der Waals surface area contributed by atoms with E-state index in [9.17, 15) is 0 Å². The van der Waals surface area contributed by atoms with Gasteiger partial charge < -0.3 is 4.90 Å². The first-order valence-electron chi connectivity index (χ1n) is 3.52. The Morgan fingerprint density at radius 1 is 1.44 bits per heavy atom. The third-order valence-corrected chi connectivity index (χ3v) is 3.31. The molecule has 1 rings (SSSR count). The molecule has 0 bridgehead atoms. The summed E-state index contributed by atoms with van der Waals surface area (Å²) in [5.74, 6) is 1.30. The highest BCUT2D eigenvalue weighted by Crippen LogP contribution is 2.20. The Morgan fingerprint density at radius 3 is 2.56 bits per heavy atom. The molecule has 0 unspecified atom stereocenters. The van der Waals surface area contributed by atoms with Crippen LogP contribution in [-0.4, -0.2) is 35.5 Å². The molecule has 0 radical (unpaired) electrons. The van der Waals surface area contributed by atoms with E-state index in [0.29, 0.717) is 0 Å². The number of hydrogen-bond acceptors (Lipinski definition) is 2. The molecule has 0 aliphatic carbocycles. The van der Waals surface area contributed by atoms with Gasteiger partial charge in [-0.05, 0) is 14.0 Å². The van der Waals surface area contributed by atoms with Crippen molar-refractivity contribution in [2.75, 3.05) is 19.3 Å². The van der Waals surface area contributed by atoms with E-state index >= 15 is 0 Å². The van der Waals surface area contributed by atoms with Crippen molar-refractivity contribution in [1.82, 2.24) is 4.90 Å². The quantitative estimate of drug-likeness (QED) is 0.507. The number of nitrogens with zero attached hydrogens (tertiary/aromatic N) is 1. The van der Waals surface area contributed by atoms with Gasteiger partial charge in [-0.25, -0.2) is 0 Å². The van der Waals surface area contributed by atoms with Crippen molar-refractivity contribution in [2.45, 2.75) is 25.1 Å². The maximum atomic E-state index is 2.43. The fourth-order valence-corrected chi connectivity index (χ4v) is 2.27. The Morgan fingerprint density at radius 2 is 2.11 bits per heavy atom. The number of hydrogen-bond donors (Lipinski definition) is 0. The second-order valence-electron chi connectivity index (χ2n) is 2.93. The van der Waals surface area contributed by atoms with Gasteiger partial charge >= 0.3 is 0 Å². The first kappa shape index (κ1) is 7.42. The van der Waals surface area contributed by atoms with Crippen molar-refractivity contribution in [2.24, 2.45) is 0 Å². The molecule has 0 amide bonds. The molecule has 0 N–H and O–H groups in total. The largest absolute Gasteiger partial charge is 0.302 e. The lowest BCUT2D eigenvalue weighted by molar-refractivity contribution is 0.272. The Balaban J connectivity index is 2.35. The average molecular weight is 145 g/mol. The predicted molar refractivity (Wildman–Crippen MR) is 44.0 cm³/mol. The monoisotopic (exact) mass is 145 g/mol. The van der Waals surface area contributed by atoms with Crippen LogP contribution >= 0.6 is 11.8 Å². The molecular weight excluding hydrogens is 130 g/mol. The van der Waals surface area contributed by atoms with Crippen LogP contribution in [0.3, 0.4) is 0 Å². The van der Waals surface area contributed by atoms with Gasteiger partial charge in [-0.2, -0.15) is 11.8 Å². The minimum Gasteiger partial charge on any atom is -0.302 e. The summed E-state index contributed by atoms with van der Waals surface area (Å²) >= 11 is 2.09. The van der Waals surface area contributed by atoms with Gasteiger partial charge in [-0.1, -0.05) is 6.92 Å². The molecule has 2 heteroatoms. The standard InChI is InChI=1S/C7H15NS/c1-6-5-9-7(2)4-8(6)3/h6-7H,4-5H2,1-3H3/t6-,7-/m1/s1. The maximum absolute atomic E-state index is 2.43. The topological polar surface area (TPSA) is 3.24 Å². The molecule has 0 aromatic carbocycles. The van der Waals surface area contributed by atoms with Gasteiger partial charge in [-0.15, -0.1) is 0 Å². The summed E-state index contributed by atoms with van der Waals surface area (Å²) < 4.78 is 0. The van der Waals surface area contributed by atoms with Crippen LogP contribution in [0.25, 0.3) is 0 Å². The normalized spacial score (nSPS) is 39.0. The van der Waals surface area contributed by atoms with Crippen LogP contribution in [-0.2, 0) is 0 Å². The molecule has 1 aliphatic rings. The van der Waals surface area contributed by atoms with Crippen molar-refractivity contribution >= 4 is 11.8 Å². The van der Waals surface area contributed by atoms with E-state index in [0.717, 1.165) is 11.3 Å². The first-order valence-corrected chi connectivity index (χ1v) is 4.57. The summed E-state index contributed by atoms with van der Waals surface area (Å²) in [6.07, 6.45) is 0. The highest BCUT2D eigenvalue weighted by molar-refractivity contribution is 8.00. The minimum absolute atomic E-state index is 0.784. The lowest BCUT2D eigenvalue weighted by Gasteiger charge is -2.32. The Hall–Kier alpha value is 0.310. The zero-order valence-electron chi connectivity index (χ0n) is 6.42. The van der Waals surface area contributed by atoms with Crippen LogP contribution < -0.4 is 0 Å². The number of rotatable bonds is 0. The first-order chi connectivity index (χ1) is 4.20. The summed E-state index contributed by atoms with van der Waals surface area (Å²) in [6.45, 7) is 5.84. The van der Waals surface area contributed by atoms with Crippen LogP contribution in [0.2, 0.25) is 0 Å². The van der Waals surface area contributed by atoms with E-state index in [1.807, 2.05) is 0 Å². The molecule has 1 heterocycles. The fraction of sp³-hybridized carbons (Fsp3) is 1.00. The zero-order chi connectivity index (χ0) is 6.85. The Kier molecular flexibility index (Phi) is 2.42. The van der Waals surface area contributed by atoms with Crippen molar-refractivity contribution in [3.05, 3.63) is 0 Å². The second kappa shape index (κ2) is 2.93. The summed E-state index contributed by atoms with van der Waals surface area (Å²) in [5.41, 5.74) is 0. The third kappa shape index (κ3) is 1.87. The molecule has 9 heavy (non-hydrogen) atoms. The molecule has 0 saturated carbocycles. The molecule has 1 aliphatic heterocycles. The zero-order valence-corrected chi connectivity index (χ0v) is 7.24. The summed E-state index contributed by atoms with van der Waals surface area (Å²) in [7, 11) is 2.21. The van der Waals surface area contributed by atoms with Gasteiger partial charge in [0.05, 0.1) is 0 Å². The summed E-state index contributed by atoms with van der Waals surface area (Å²) in [4.78, 5) is 2.43. The SMILES string of the molecule is C[C@@H]1CN(C)[C@H](C)CS1. The van der Waals surface area contributed by atoms with Gasteiger partial charge in [-0.3, -0.25) is 0 Å². The lowest BCUT2D eigenvalue weighted by Crippen LogP contribution is -2.40. The van der Waals surface area contributed by atoms with Crippen LogP contribution in [0.5, 0.6) is 0 Å². The van der Waals surface area contributed by atoms with Crippen molar-refractivity contribution in [1.29, 1.82) is 0 Å². The van der Waals surface area contributed by atoms with Gasteiger partial charge in [0.1, 0.15) is 0 Å². The Bertz CT molecular complexity index is 94.9. The number of thioether (sulfide) groups is 1. The van der Waals surface area contributed by atoms with Crippen molar-refractivity contribution in [3.63, 3.8) is 0 Å². The van der Waals surface area contributed by atoms with E-state index in [1.54, 1.807) is 0 Å². The maximum Gasteiger partial charge on any atom is 0.0155 e. The molecule has 0 aromatic rings. The molecule has 1 nitrogen and oxygen atoms in total. The van der Waals surface area contributed by atoms with E-state index in [1.165, 1.54) is 12.3 Å². The minimum atomic E-state index is 0.784. The highest BCUT2D eigenvalue weighted by atomic mass is 32.2. The molecule has 2 atom stereocenters. The van der Waals surface area contributed by atoms with Gasteiger partial charge in [0.15, 0.2) is 0 Å². The van der Waals surface area contributed by atoms with Crippen LogP contribution in [0.1, 0.15) is 13.8 Å². The molecule has 0 aromatic heterocycles.